The highest BCUT2D eigenvalue weighted by Gasteiger charge is 2.22. The summed E-state index contributed by atoms with van der Waals surface area (Å²) >= 11 is 6.43. The van der Waals surface area contributed by atoms with Crippen LogP contribution in [-0.2, 0) is 19.5 Å². The molecule has 1 aliphatic heterocycles. The molecule has 0 bridgehead atoms. The first-order valence-corrected chi connectivity index (χ1v) is 8.89. The fourth-order valence-corrected chi connectivity index (χ4v) is 3.37. The third kappa shape index (κ3) is 3.84. The highest BCUT2D eigenvalue weighted by atomic mass is 35.5. The largest absolute Gasteiger partial charge is 0.324 e. The number of hydrogen-bond acceptors (Lipinski definition) is 4. The van der Waals surface area contributed by atoms with Crippen molar-refractivity contribution >= 4 is 23.2 Å². The van der Waals surface area contributed by atoms with Gasteiger partial charge in [-0.1, -0.05) is 41.9 Å². The molecule has 0 aliphatic carbocycles. The number of aromatic nitrogens is 2. The van der Waals surface area contributed by atoms with Gasteiger partial charge in [-0.05, 0) is 29.8 Å². The first kappa shape index (κ1) is 16.9. The monoisotopic (exact) mass is 368 g/mol. The van der Waals surface area contributed by atoms with Gasteiger partial charge in [0.05, 0.1) is 5.69 Å². The lowest BCUT2D eigenvalue weighted by Crippen LogP contribution is -2.31. The summed E-state index contributed by atoms with van der Waals surface area (Å²) in [6.07, 6.45) is 0.822. The van der Waals surface area contributed by atoms with Gasteiger partial charge in [-0.3, -0.25) is 4.90 Å². The van der Waals surface area contributed by atoms with Crippen molar-refractivity contribution in [2.75, 3.05) is 11.9 Å². The molecular weight excluding hydrogens is 351 g/mol. The molecule has 0 saturated carbocycles. The highest BCUT2D eigenvalue weighted by Crippen LogP contribution is 2.27. The molecule has 26 heavy (non-hydrogen) atoms. The van der Waals surface area contributed by atoms with Crippen molar-refractivity contribution in [3.8, 4) is 0 Å². The van der Waals surface area contributed by atoms with E-state index in [9.17, 15) is 4.39 Å². The van der Waals surface area contributed by atoms with E-state index >= 15 is 0 Å². The van der Waals surface area contributed by atoms with Gasteiger partial charge in [0.2, 0.25) is 5.95 Å². The Balaban J connectivity index is 1.50. The zero-order valence-electron chi connectivity index (χ0n) is 14.1. The molecule has 4 rings (SSSR count). The molecule has 2 aromatic carbocycles. The van der Waals surface area contributed by atoms with Crippen LogP contribution in [-0.4, -0.2) is 21.4 Å². The van der Waals surface area contributed by atoms with Crippen LogP contribution < -0.4 is 5.32 Å². The van der Waals surface area contributed by atoms with E-state index in [0.717, 1.165) is 43.0 Å². The zero-order chi connectivity index (χ0) is 17.9. The Bertz CT molecular complexity index is 900. The molecule has 3 aromatic rings. The van der Waals surface area contributed by atoms with E-state index in [1.165, 1.54) is 17.7 Å². The van der Waals surface area contributed by atoms with E-state index in [-0.39, 0.29) is 5.82 Å². The first-order chi connectivity index (χ1) is 12.7. The van der Waals surface area contributed by atoms with E-state index in [2.05, 4.69) is 44.5 Å². The van der Waals surface area contributed by atoms with Crippen molar-refractivity contribution < 1.29 is 4.39 Å². The van der Waals surface area contributed by atoms with Crippen LogP contribution in [0, 0.1) is 5.82 Å². The van der Waals surface area contributed by atoms with Gasteiger partial charge < -0.3 is 5.32 Å². The molecule has 1 N–H and O–H groups in total. The predicted octanol–water partition coefficient (Wildman–Crippen LogP) is 4.57. The summed E-state index contributed by atoms with van der Waals surface area (Å²) in [5.74, 6) is 0.162. The minimum absolute atomic E-state index is 0.279. The second-order valence-corrected chi connectivity index (χ2v) is 6.70. The van der Waals surface area contributed by atoms with Gasteiger partial charge in [-0.15, -0.1) is 0 Å². The normalized spacial score (nSPS) is 14.1. The summed E-state index contributed by atoms with van der Waals surface area (Å²) in [6.45, 7) is 2.54. The van der Waals surface area contributed by atoms with Crippen LogP contribution in [0.25, 0.3) is 0 Å². The summed E-state index contributed by atoms with van der Waals surface area (Å²) in [5.41, 5.74) is 3.96. The van der Waals surface area contributed by atoms with Crippen molar-refractivity contribution in [3.05, 3.63) is 82.4 Å². The Morgan fingerprint density at radius 3 is 2.58 bits per heavy atom. The fraction of sp³-hybridized carbons (Fsp3) is 0.200. The molecule has 132 valence electrons. The van der Waals surface area contributed by atoms with Crippen LogP contribution in [0.15, 0.2) is 54.6 Å². The Hall–Kier alpha value is -2.50. The Labute approximate surface area is 156 Å². The summed E-state index contributed by atoms with van der Waals surface area (Å²) in [4.78, 5) is 11.3. The Kier molecular flexibility index (Phi) is 4.82. The molecule has 2 heterocycles. The van der Waals surface area contributed by atoms with Crippen molar-refractivity contribution in [1.29, 1.82) is 0 Å². The van der Waals surface area contributed by atoms with Crippen LogP contribution in [0.5, 0.6) is 0 Å². The van der Waals surface area contributed by atoms with Crippen molar-refractivity contribution in [2.45, 2.75) is 19.5 Å². The molecule has 0 atom stereocenters. The predicted molar refractivity (Wildman–Crippen MR) is 101 cm³/mol. The van der Waals surface area contributed by atoms with Gasteiger partial charge in [0.1, 0.15) is 11.0 Å². The number of nitrogens with one attached hydrogen (secondary N) is 1. The second-order valence-electron chi connectivity index (χ2n) is 6.34. The number of anilines is 2. The smallest absolute Gasteiger partial charge is 0.228 e. The van der Waals surface area contributed by atoms with Crippen LogP contribution >= 0.6 is 11.6 Å². The van der Waals surface area contributed by atoms with Crippen LogP contribution in [0.1, 0.15) is 16.8 Å². The Morgan fingerprint density at radius 1 is 1.04 bits per heavy atom. The van der Waals surface area contributed by atoms with Gasteiger partial charge in [0.25, 0.3) is 0 Å². The number of benzene rings is 2. The molecule has 1 aromatic heterocycles. The lowest BCUT2D eigenvalue weighted by Gasteiger charge is -2.28. The molecule has 0 radical (unpaired) electrons. The SMILES string of the molecule is Fc1ccc(Nc2nc(Cl)c3c(n2)CCN(Cc2ccccc2)C3)cc1. The zero-order valence-corrected chi connectivity index (χ0v) is 14.9. The third-order valence-corrected chi connectivity index (χ3v) is 4.75. The van der Waals surface area contributed by atoms with Gasteiger partial charge in [0, 0.05) is 37.3 Å². The van der Waals surface area contributed by atoms with Crippen LogP contribution in [0.2, 0.25) is 5.15 Å². The van der Waals surface area contributed by atoms with Crippen LogP contribution in [0.4, 0.5) is 16.0 Å². The van der Waals surface area contributed by atoms with Crippen molar-refractivity contribution in [1.82, 2.24) is 14.9 Å². The van der Waals surface area contributed by atoms with Crippen molar-refractivity contribution in [3.63, 3.8) is 0 Å². The summed E-state index contributed by atoms with van der Waals surface area (Å²) in [6, 6.07) is 16.5. The molecular formula is C20H18ClFN4. The molecule has 0 saturated heterocycles. The Morgan fingerprint density at radius 2 is 1.81 bits per heavy atom. The van der Waals surface area contributed by atoms with E-state index < -0.39 is 0 Å². The standard InChI is InChI=1S/C20H18ClFN4/c21-19-17-13-26(12-14-4-2-1-3-5-14)11-10-18(17)24-20(25-19)23-16-8-6-15(22)7-9-16/h1-9H,10-13H2,(H,23,24,25). The van der Waals surface area contributed by atoms with Gasteiger partial charge in [-0.2, -0.15) is 0 Å². The number of hydrogen-bond donors (Lipinski definition) is 1. The van der Waals surface area contributed by atoms with Gasteiger partial charge in [-0.25, -0.2) is 14.4 Å². The molecule has 6 heteroatoms. The lowest BCUT2D eigenvalue weighted by molar-refractivity contribution is 0.243. The topological polar surface area (TPSA) is 41.1 Å². The molecule has 0 unspecified atom stereocenters. The van der Waals surface area contributed by atoms with Crippen LogP contribution in [0.3, 0.4) is 0 Å². The fourth-order valence-electron chi connectivity index (χ4n) is 3.12. The number of fused-ring (bicyclic) bond motifs is 1. The molecule has 0 fully saturated rings. The number of nitrogens with zero attached hydrogens (tertiary/aromatic N) is 3. The second kappa shape index (κ2) is 7.40. The summed E-state index contributed by atoms with van der Waals surface area (Å²) in [5, 5.41) is 3.56. The highest BCUT2D eigenvalue weighted by molar-refractivity contribution is 6.30. The average molecular weight is 369 g/mol. The van der Waals surface area contributed by atoms with E-state index in [1.807, 2.05) is 6.07 Å². The van der Waals surface area contributed by atoms with Gasteiger partial charge >= 0.3 is 0 Å². The molecule has 0 amide bonds. The maximum Gasteiger partial charge on any atom is 0.228 e. The number of halogens is 2. The lowest BCUT2D eigenvalue weighted by atomic mass is 10.1. The molecule has 0 spiro atoms. The first-order valence-electron chi connectivity index (χ1n) is 8.51. The number of rotatable bonds is 4. The summed E-state index contributed by atoms with van der Waals surface area (Å²) < 4.78 is 13.0. The average Bonchev–Trinajstić information content (AvgIpc) is 2.65. The van der Waals surface area contributed by atoms with Crippen molar-refractivity contribution in [2.24, 2.45) is 0 Å². The van der Waals surface area contributed by atoms with Gasteiger partial charge in [0.15, 0.2) is 0 Å². The maximum atomic E-state index is 13.0. The third-order valence-electron chi connectivity index (χ3n) is 4.44. The molecule has 4 nitrogen and oxygen atoms in total. The van der Waals surface area contributed by atoms with E-state index in [4.69, 9.17) is 11.6 Å². The maximum absolute atomic E-state index is 13.0. The minimum Gasteiger partial charge on any atom is -0.324 e. The van der Waals surface area contributed by atoms with E-state index in [0.29, 0.717) is 11.1 Å². The molecule has 1 aliphatic rings. The summed E-state index contributed by atoms with van der Waals surface area (Å²) in [7, 11) is 0. The quantitative estimate of drug-likeness (QED) is 0.685. The van der Waals surface area contributed by atoms with E-state index in [1.54, 1.807) is 12.1 Å². The minimum atomic E-state index is -0.279.